The Kier molecular flexibility index (Phi) is 40.8. The molecule has 0 aliphatic carbocycles. The third-order valence-corrected chi connectivity index (χ3v) is 11.3. The van der Waals surface area contributed by atoms with Crippen LogP contribution in [-0.2, 0) is 28.6 Å². The van der Waals surface area contributed by atoms with Gasteiger partial charge in [0.05, 0.1) is 0 Å². The zero-order valence-electron chi connectivity index (χ0n) is 37.6. The maximum absolute atomic E-state index is 12.7. The van der Waals surface area contributed by atoms with Crippen LogP contribution < -0.4 is 0 Å². The van der Waals surface area contributed by atoms with E-state index in [-0.39, 0.29) is 31.1 Å². The second-order valence-corrected chi connectivity index (χ2v) is 17.5. The first-order valence-corrected chi connectivity index (χ1v) is 24.3. The van der Waals surface area contributed by atoms with Crippen LogP contribution in [0.3, 0.4) is 0 Å². The molecule has 0 aromatic rings. The Bertz CT molecular complexity index is 841. The van der Waals surface area contributed by atoms with Crippen LogP contribution in [0.1, 0.15) is 266 Å². The third kappa shape index (κ3) is 41.9. The molecule has 0 amide bonds. The quantitative estimate of drug-likeness (QED) is 0.0348. The van der Waals surface area contributed by atoms with Crippen LogP contribution in [0, 0.1) is 11.8 Å². The van der Waals surface area contributed by atoms with Gasteiger partial charge in [0, 0.05) is 19.3 Å². The number of carbonyl (C=O) groups excluding carboxylic acids is 3. The lowest BCUT2D eigenvalue weighted by Gasteiger charge is -2.18. The van der Waals surface area contributed by atoms with Gasteiger partial charge in [-0.25, -0.2) is 0 Å². The fourth-order valence-electron chi connectivity index (χ4n) is 7.25. The molecule has 0 aromatic carbocycles. The molecule has 0 saturated heterocycles. The van der Waals surface area contributed by atoms with Gasteiger partial charge in [-0.1, -0.05) is 227 Å². The zero-order valence-corrected chi connectivity index (χ0v) is 37.6. The number of ether oxygens (including phenoxy) is 3. The van der Waals surface area contributed by atoms with Crippen molar-refractivity contribution < 1.29 is 28.6 Å². The van der Waals surface area contributed by atoms with E-state index in [0.29, 0.717) is 19.3 Å². The van der Waals surface area contributed by atoms with Gasteiger partial charge >= 0.3 is 17.9 Å². The molecule has 1 unspecified atom stereocenters. The first-order valence-electron chi connectivity index (χ1n) is 24.3. The average molecular weight is 779 g/mol. The topological polar surface area (TPSA) is 78.9 Å². The second-order valence-electron chi connectivity index (χ2n) is 17.5. The van der Waals surface area contributed by atoms with E-state index >= 15 is 0 Å². The fourth-order valence-corrected chi connectivity index (χ4v) is 7.25. The summed E-state index contributed by atoms with van der Waals surface area (Å²) in [6.45, 7) is 11.3. The number of esters is 3. The maximum atomic E-state index is 12.7. The van der Waals surface area contributed by atoms with E-state index in [2.05, 4.69) is 34.6 Å². The van der Waals surface area contributed by atoms with Crippen molar-refractivity contribution in [3.05, 3.63) is 0 Å². The predicted molar refractivity (Wildman–Crippen MR) is 233 cm³/mol. The van der Waals surface area contributed by atoms with Crippen molar-refractivity contribution in [1.29, 1.82) is 0 Å². The van der Waals surface area contributed by atoms with Crippen LogP contribution in [0.4, 0.5) is 0 Å². The van der Waals surface area contributed by atoms with Crippen LogP contribution in [0.2, 0.25) is 0 Å². The molecule has 0 aliphatic heterocycles. The molecule has 0 aromatic heterocycles. The lowest BCUT2D eigenvalue weighted by Crippen LogP contribution is -2.30. The molecule has 6 nitrogen and oxygen atoms in total. The minimum Gasteiger partial charge on any atom is -0.462 e. The smallest absolute Gasteiger partial charge is 0.306 e. The first-order chi connectivity index (χ1) is 26.8. The Hall–Kier alpha value is -1.59. The molecule has 0 aliphatic rings. The van der Waals surface area contributed by atoms with Crippen LogP contribution in [0.25, 0.3) is 0 Å². The number of hydrogen-bond donors (Lipinski definition) is 0. The standard InChI is InChI=1S/C49H94O6/c1-6-8-9-10-11-12-13-14-15-18-24-29-34-39-47(50)53-42-46(55-49(52)41-36-31-26-19-16-17-22-27-32-37-44(3)4)43-54-48(51)40-35-30-25-21-20-23-28-33-38-45(5)7-2/h44-46H,6-43H2,1-5H3/t45?,46-/m0/s1. The SMILES string of the molecule is CCCCCCCCCCCCCCCC(=O)OC[C@@H](COC(=O)CCCCCCCCCCC(C)CC)OC(=O)CCCCCCCCCCCC(C)C. The molecule has 0 heterocycles. The highest BCUT2D eigenvalue weighted by Crippen LogP contribution is 2.17. The van der Waals surface area contributed by atoms with E-state index in [1.807, 2.05) is 0 Å². The van der Waals surface area contributed by atoms with E-state index < -0.39 is 6.10 Å². The summed E-state index contributed by atoms with van der Waals surface area (Å²) in [5.74, 6) is 0.799. The van der Waals surface area contributed by atoms with E-state index in [0.717, 1.165) is 69.6 Å². The van der Waals surface area contributed by atoms with Crippen molar-refractivity contribution >= 4 is 17.9 Å². The first kappa shape index (κ1) is 53.4. The summed E-state index contributed by atoms with van der Waals surface area (Å²) in [6.07, 6.45) is 40.8. The van der Waals surface area contributed by atoms with E-state index in [9.17, 15) is 14.4 Å². The Balaban J connectivity index is 4.34. The normalized spacial score (nSPS) is 12.5. The van der Waals surface area contributed by atoms with Crippen molar-refractivity contribution in [2.45, 2.75) is 272 Å². The average Bonchev–Trinajstić information content (AvgIpc) is 3.17. The molecule has 0 spiro atoms. The van der Waals surface area contributed by atoms with Gasteiger partial charge < -0.3 is 14.2 Å². The fraction of sp³-hybridized carbons (Fsp3) is 0.939. The second kappa shape index (κ2) is 42.0. The molecule has 2 atom stereocenters. The van der Waals surface area contributed by atoms with Gasteiger partial charge in [0.2, 0.25) is 0 Å². The molecule has 55 heavy (non-hydrogen) atoms. The molecule has 0 saturated carbocycles. The van der Waals surface area contributed by atoms with E-state index in [1.165, 1.54) is 154 Å². The lowest BCUT2D eigenvalue weighted by atomic mass is 9.99. The monoisotopic (exact) mass is 779 g/mol. The number of rotatable bonds is 43. The molecule has 0 N–H and O–H groups in total. The van der Waals surface area contributed by atoms with Gasteiger partial charge in [0.1, 0.15) is 13.2 Å². The van der Waals surface area contributed by atoms with Gasteiger partial charge in [-0.3, -0.25) is 14.4 Å². The molecular weight excluding hydrogens is 685 g/mol. The van der Waals surface area contributed by atoms with Crippen molar-refractivity contribution in [2.75, 3.05) is 13.2 Å². The van der Waals surface area contributed by atoms with Crippen LogP contribution in [0.5, 0.6) is 0 Å². The molecule has 0 bridgehead atoms. The van der Waals surface area contributed by atoms with Gasteiger partial charge in [0.25, 0.3) is 0 Å². The van der Waals surface area contributed by atoms with E-state index in [1.54, 1.807) is 0 Å². The number of unbranched alkanes of at least 4 members (excludes halogenated alkanes) is 27. The Morgan fingerprint density at radius 1 is 0.382 bits per heavy atom. The summed E-state index contributed by atoms with van der Waals surface area (Å²) < 4.78 is 16.8. The molecule has 326 valence electrons. The molecule has 0 rings (SSSR count). The Labute approximate surface area is 342 Å². The summed E-state index contributed by atoms with van der Waals surface area (Å²) in [6, 6.07) is 0. The summed E-state index contributed by atoms with van der Waals surface area (Å²) in [5, 5.41) is 0. The predicted octanol–water partition coefficient (Wildman–Crippen LogP) is 15.4. The highest BCUT2D eigenvalue weighted by Gasteiger charge is 2.19. The highest BCUT2D eigenvalue weighted by atomic mass is 16.6. The Morgan fingerprint density at radius 3 is 1.04 bits per heavy atom. The lowest BCUT2D eigenvalue weighted by molar-refractivity contribution is -0.167. The number of hydrogen-bond acceptors (Lipinski definition) is 6. The minimum absolute atomic E-state index is 0.0647. The summed E-state index contributed by atoms with van der Waals surface area (Å²) >= 11 is 0. The summed E-state index contributed by atoms with van der Waals surface area (Å²) in [7, 11) is 0. The minimum atomic E-state index is -0.761. The Morgan fingerprint density at radius 2 is 0.691 bits per heavy atom. The summed E-state index contributed by atoms with van der Waals surface area (Å²) in [5.41, 5.74) is 0. The van der Waals surface area contributed by atoms with Crippen LogP contribution >= 0.6 is 0 Å². The largest absolute Gasteiger partial charge is 0.462 e. The van der Waals surface area contributed by atoms with Crippen molar-refractivity contribution in [3.63, 3.8) is 0 Å². The van der Waals surface area contributed by atoms with Crippen molar-refractivity contribution in [3.8, 4) is 0 Å². The summed E-state index contributed by atoms with van der Waals surface area (Å²) in [4.78, 5) is 37.8. The highest BCUT2D eigenvalue weighted by molar-refractivity contribution is 5.71. The maximum Gasteiger partial charge on any atom is 0.306 e. The zero-order chi connectivity index (χ0) is 40.5. The van der Waals surface area contributed by atoms with Gasteiger partial charge in [-0.15, -0.1) is 0 Å². The van der Waals surface area contributed by atoms with Crippen molar-refractivity contribution in [2.24, 2.45) is 11.8 Å². The molecule has 6 heteroatoms. The third-order valence-electron chi connectivity index (χ3n) is 11.3. The molecular formula is C49H94O6. The van der Waals surface area contributed by atoms with Crippen molar-refractivity contribution in [1.82, 2.24) is 0 Å². The molecule has 0 radical (unpaired) electrons. The molecule has 0 fully saturated rings. The van der Waals surface area contributed by atoms with Gasteiger partial charge in [0.15, 0.2) is 6.10 Å². The number of carbonyl (C=O) groups is 3. The van der Waals surface area contributed by atoms with Crippen LogP contribution in [0.15, 0.2) is 0 Å². The van der Waals surface area contributed by atoms with Gasteiger partial charge in [-0.05, 0) is 31.1 Å². The van der Waals surface area contributed by atoms with E-state index in [4.69, 9.17) is 14.2 Å². The van der Waals surface area contributed by atoms with Crippen LogP contribution in [-0.4, -0.2) is 37.2 Å². The van der Waals surface area contributed by atoms with Gasteiger partial charge in [-0.2, -0.15) is 0 Å².